The van der Waals surface area contributed by atoms with Crippen LogP contribution in [0.2, 0.25) is 0 Å². The van der Waals surface area contributed by atoms with Crippen LogP contribution < -0.4 is 5.32 Å². The lowest BCUT2D eigenvalue weighted by Crippen LogP contribution is -2.16. The van der Waals surface area contributed by atoms with Crippen LogP contribution in [0.15, 0.2) is 59.1 Å². The normalized spacial score (nSPS) is 12.0. The molecule has 2 aromatic heterocycles. The van der Waals surface area contributed by atoms with E-state index in [2.05, 4.69) is 65.5 Å². The molecule has 0 saturated heterocycles. The van der Waals surface area contributed by atoms with E-state index in [1.54, 1.807) is 23.1 Å². The van der Waals surface area contributed by atoms with E-state index < -0.39 is 0 Å². The first-order valence-electron chi connectivity index (χ1n) is 8.84. The molecule has 0 unspecified atom stereocenters. The molecule has 0 atom stereocenters. The van der Waals surface area contributed by atoms with Gasteiger partial charge in [0, 0.05) is 39.2 Å². The van der Waals surface area contributed by atoms with Gasteiger partial charge >= 0.3 is 0 Å². The van der Waals surface area contributed by atoms with Gasteiger partial charge in [0.1, 0.15) is 0 Å². The Morgan fingerprint density at radius 2 is 2.04 bits per heavy atom. The molecular weight excluding hydrogens is 374 g/mol. The fourth-order valence-corrected chi connectivity index (χ4v) is 4.90. The molecule has 2 heterocycles. The summed E-state index contributed by atoms with van der Waals surface area (Å²) >= 11 is 3.41. The lowest BCUT2D eigenvalue weighted by molar-refractivity contribution is 0.275. The van der Waals surface area contributed by atoms with Crippen molar-refractivity contribution in [2.45, 2.75) is 29.9 Å². The molecule has 4 nitrogen and oxygen atoms in total. The Morgan fingerprint density at radius 3 is 2.89 bits per heavy atom. The largest absolute Gasteiger partial charge is 0.396 e. The minimum atomic E-state index is -0.0518. The molecule has 0 saturated carbocycles. The van der Waals surface area contributed by atoms with Gasteiger partial charge < -0.3 is 10.4 Å². The van der Waals surface area contributed by atoms with Gasteiger partial charge in [-0.15, -0.1) is 23.1 Å². The summed E-state index contributed by atoms with van der Waals surface area (Å²) in [5, 5.41) is 13.9. The molecule has 0 fully saturated rings. The molecule has 0 amide bonds. The number of rotatable bonds is 6. The summed E-state index contributed by atoms with van der Waals surface area (Å²) in [6.45, 7) is 4.49. The number of para-hydroxylation sites is 1. The van der Waals surface area contributed by atoms with Gasteiger partial charge in [0.15, 0.2) is 0 Å². The molecule has 2 aromatic carbocycles. The van der Waals surface area contributed by atoms with Crippen LogP contribution in [0.25, 0.3) is 21.1 Å². The summed E-state index contributed by atoms with van der Waals surface area (Å²) in [6.07, 6.45) is 2.58. The average Bonchev–Trinajstić information content (AvgIpc) is 3.10. The second-order valence-electron chi connectivity index (χ2n) is 7.01. The van der Waals surface area contributed by atoms with Crippen molar-refractivity contribution in [1.82, 2.24) is 9.97 Å². The summed E-state index contributed by atoms with van der Waals surface area (Å²) < 4.78 is 1.13. The minimum absolute atomic E-state index is 0.0518. The van der Waals surface area contributed by atoms with E-state index in [1.807, 2.05) is 17.8 Å². The number of thiazole rings is 1. The standard InChI is InChI=1S/C21H21N3OS2/c1-21(2,9-11-25)27-19-5-3-4-15-16(8-10-22-20(15)19)24-14-6-7-18-17(12-14)23-13-26-18/h3-8,10,12-13,25H,9,11H2,1-2H3,(H,22,24). The highest BCUT2D eigenvalue weighted by atomic mass is 32.2. The van der Waals surface area contributed by atoms with E-state index in [4.69, 9.17) is 0 Å². The molecule has 0 spiro atoms. The van der Waals surface area contributed by atoms with Crippen molar-refractivity contribution in [3.63, 3.8) is 0 Å². The molecule has 2 N–H and O–H groups in total. The van der Waals surface area contributed by atoms with E-state index in [9.17, 15) is 5.11 Å². The Labute approximate surface area is 166 Å². The van der Waals surface area contributed by atoms with E-state index in [-0.39, 0.29) is 11.4 Å². The predicted molar refractivity (Wildman–Crippen MR) is 116 cm³/mol. The van der Waals surface area contributed by atoms with Gasteiger partial charge in [0.25, 0.3) is 0 Å². The summed E-state index contributed by atoms with van der Waals surface area (Å²) in [6, 6.07) is 14.5. The number of nitrogens with one attached hydrogen (secondary N) is 1. The maximum atomic E-state index is 9.32. The molecule has 0 radical (unpaired) electrons. The molecule has 138 valence electrons. The summed E-state index contributed by atoms with van der Waals surface area (Å²) in [5.41, 5.74) is 5.89. The molecular formula is C21H21N3OS2. The molecule has 4 aromatic rings. The van der Waals surface area contributed by atoms with E-state index in [0.29, 0.717) is 0 Å². The highest BCUT2D eigenvalue weighted by Gasteiger charge is 2.20. The van der Waals surface area contributed by atoms with Gasteiger partial charge in [-0.1, -0.05) is 26.0 Å². The van der Waals surface area contributed by atoms with Crippen molar-refractivity contribution < 1.29 is 5.11 Å². The van der Waals surface area contributed by atoms with Crippen molar-refractivity contribution >= 4 is 55.6 Å². The maximum absolute atomic E-state index is 9.32. The Bertz CT molecular complexity index is 1090. The average molecular weight is 396 g/mol. The lowest BCUT2D eigenvalue weighted by Gasteiger charge is -2.23. The third-order valence-electron chi connectivity index (χ3n) is 4.44. The number of aliphatic hydroxyl groups excluding tert-OH is 1. The fraction of sp³-hybridized carbons (Fsp3) is 0.238. The van der Waals surface area contributed by atoms with Crippen LogP contribution in [-0.4, -0.2) is 26.4 Å². The highest BCUT2D eigenvalue weighted by Crippen LogP contribution is 2.39. The topological polar surface area (TPSA) is 58.0 Å². The maximum Gasteiger partial charge on any atom is 0.0858 e. The minimum Gasteiger partial charge on any atom is -0.396 e. The second-order valence-corrected chi connectivity index (χ2v) is 9.64. The Kier molecular flexibility index (Phi) is 5.04. The number of hydrogen-bond donors (Lipinski definition) is 2. The number of aromatic nitrogens is 2. The number of hydrogen-bond acceptors (Lipinski definition) is 6. The Balaban J connectivity index is 1.70. The van der Waals surface area contributed by atoms with Crippen LogP contribution in [0.5, 0.6) is 0 Å². The van der Waals surface area contributed by atoms with E-state index in [1.165, 1.54) is 4.70 Å². The smallest absolute Gasteiger partial charge is 0.0858 e. The Hall–Kier alpha value is -2.15. The quantitative estimate of drug-likeness (QED) is 0.402. The zero-order valence-corrected chi connectivity index (χ0v) is 16.9. The summed E-state index contributed by atoms with van der Waals surface area (Å²) in [4.78, 5) is 10.2. The first-order chi connectivity index (χ1) is 13.1. The van der Waals surface area contributed by atoms with Gasteiger partial charge in [0.2, 0.25) is 0 Å². The number of fused-ring (bicyclic) bond motifs is 2. The third-order valence-corrected chi connectivity index (χ3v) is 6.56. The molecule has 0 aliphatic rings. The summed E-state index contributed by atoms with van der Waals surface area (Å²) in [5.74, 6) is 0. The van der Waals surface area contributed by atoms with Crippen LogP contribution in [-0.2, 0) is 0 Å². The number of benzene rings is 2. The zero-order chi connectivity index (χ0) is 18.9. The van der Waals surface area contributed by atoms with Gasteiger partial charge in [-0.25, -0.2) is 4.98 Å². The van der Waals surface area contributed by atoms with Crippen LogP contribution in [0.4, 0.5) is 11.4 Å². The number of thioether (sulfide) groups is 1. The number of anilines is 2. The van der Waals surface area contributed by atoms with Gasteiger partial charge in [-0.2, -0.15) is 0 Å². The highest BCUT2D eigenvalue weighted by molar-refractivity contribution is 8.00. The SMILES string of the molecule is CC(C)(CCO)Sc1cccc2c(Nc3ccc4scnc4c3)ccnc12. The molecule has 4 rings (SSSR count). The van der Waals surface area contributed by atoms with Crippen molar-refractivity contribution in [3.8, 4) is 0 Å². The molecule has 0 aliphatic heterocycles. The van der Waals surface area contributed by atoms with Gasteiger partial charge in [-0.05, 0) is 36.8 Å². The lowest BCUT2D eigenvalue weighted by atomic mass is 10.1. The van der Waals surface area contributed by atoms with Gasteiger partial charge in [-0.3, -0.25) is 4.98 Å². The van der Waals surface area contributed by atoms with Crippen LogP contribution in [0.1, 0.15) is 20.3 Å². The molecule has 0 aliphatic carbocycles. The second kappa shape index (κ2) is 7.46. The first-order valence-corrected chi connectivity index (χ1v) is 10.5. The first kappa shape index (κ1) is 18.2. The molecule has 0 bridgehead atoms. The predicted octanol–water partition coefficient (Wildman–Crippen LogP) is 5.84. The van der Waals surface area contributed by atoms with Crippen LogP contribution in [0, 0.1) is 0 Å². The number of pyridine rings is 1. The fourth-order valence-electron chi connectivity index (χ4n) is 3.05. The number of nitrogens with zero attached hydrogens (tertiary/aromatic N) is 2. The number of aliphatic hydroxyl groups is 1. The Morgan fingerprint density at radius 1 is 1.15 bits per heavy atom. The van der Waals surface area contributed by atoms with Gasteiger partial charge in [0.05, 0.1) is 21.2 Å². The van der Waals surface area contributed by atoms with Crippen molar-refractivity contribution in [3.05, 3.63) is 54.2 Å². The van der Waals surface area contributed by atoms with Crippen molar-refractivity contribution in [1.29, 1.82) is 0 Å². The van der Waals surface area contributed by atoms with E-state index in [0.717, 1.165) is 39.1 Å². The summed E-state index contributed by atoms with van der Waals surface area (Å²) in [7, 11) is 0. The van der Waals surface area contributed by atoms with Crippen LogP contribution in [0.3, 0.4) is 0 Å². The zero-order valence-electron chi connectivity index (χ0n) is 15.3. The molecule has 6 heteroatoms. The van der Waals surface area contributed by atoms with Crippen LogP contribution >= 0.6 is 23.1 Å². The van der Waals surface area contributed by atoms with Crippen molar-refractivity contribution in [2.24, 2.45) is 0 Å². The monoisotopic (exact) mass is 395 g/mol. The van der Waals surface area contributed by atoms with Crippen molar-refractivity contribution in [2.75, 3.05) is 11.9 Å². The van der Waals surface area contributed by atoms with E-state index >= 15 is 0 Å². The molecule has 27 heavy (non-hydrogen) atoms. The third kappa shape index (κ3) is 3.93.